The van der Waals surface area contributed by atoms with Gasteiger partial charge in [0.05, 0.1) is 0 Å². The maximum Gasteiger partial charge on any atom is 0.332 e. The van der Waals surface area contributed by atoms with Crippen molar-refractivity contribution >= 4 is 28.3 Å². The molecular weight excluding hydrogens is 242 g/mol. The molecule has 2 rings (SSSR count). The van der Waals surface area contributed by atoms with Gasteiger partial charge in [-0.2, -0.15) is 0 Å². The molecule has 1 aliphatic carbocycles. The summed E-state index contributed by atoms with van der Waals surface area (Å²) in [5.41, 5.74) is 0.564. The van der Waals surface area contributed by atoms with Crippen LogP contribution in [0.5, 0.6) is 0 Å². The minimum atomic E-state index is -1.01. The summed E-state index contributed by atoms with van der Waals surface area (Å²) in [6, 6.07) is 0. The first-order chi connectivity index (χ1) is 8.08. The number of rotatable bonds is 3. The Morgan fingerprint density at radius 1 is 1.29 bits per heavy atom. The number of aliphatic carboxylic acids is 1. The summed E-state index contributed by atoms with van der Waals surface area (Å²) in [6.07, 6.45) is 1.66. The summed E-state index contributed by atoms with van der Waals surface area (Å²) >= 11 is 1.26. The van der Waals surface area contributed by atoms with Crippen molar-refractivity contribution in [2.24, 2.45) is 0 Å². The highest BCUT2D eigenvalue weighted by Gasteiger charge is 2.25. The van der Waals surface area contributed by atoms with Crippen LogP contribution < -0.4 is 5.32 Å². The van der Waals surface area contributed by atoms with Crippen molar-refractivity contribution in [1.82, 2.24) is 10.2 Å². The molecule has 7 heteroatoms. The van der Waals surface area contributed by atoms with E-state index in [9.17, 15) is 9.59 Å². The first kappa shape index (κ1) is 11.7. The Kier molecular flexibility index (Phi) is 3.19. The molecule has 1 aromatic rings. The molecule has 1 amide bonds. The van der Waals surface area contributed by atoms with E-state index in [2.05, 4.69) is 15.5 Å². The number of anilines is 1. The molecule has 6 nitrogen and oxygen atoms in total. The fourth-order valence-electron chi connectivity index (χ4n) is 1.75. The zero-order valence-corrected chi connectivity index (χ0v) is 10.0. The molecule has 1 aliphatic rings. The fourth-order valence-corrected chi connectivity index (χ4v) is 2.34. The van der Waals surface area contributed by atoms with Crippen LogP contribution >= 0.6 is 11.3 Å². The van der Waals surface area contributed by atoms with Crippen molar-refractivity contribution in [3.05, 3.63) is 16.2 Å². The number of carbonyl (C=O) groups excluding carboxylic acids is 1. The molecule has 0 saturated heterocycles. The molecule has 2 N–H and O–H groups in total. The lowest BCUT2D eigenvalue weighted by Crippen LogP contribution is -2.16. The van der Waals surface area contributed by atoms with Crippen molar-refractivity contribution < 1.29 is 14.7 Å². The molecule has 0 bridgehead atoms. The van der Waals surface area contributed by atoms with Gasteiger partial charge in [0.2, 0.25) is 5.13 Å². The minimum absolute atomic E-state index is 0.212. The first-order valence-corrected chi connectivity index (χ1v) is 5.96. The number of hydrogen-bond donors (Lipinski definition) is 2. The molecule has 0 radical (unpaired) electrons. The smallest absolute Gasteiger partial charge is 0.332 e. The zero-order chi connectivity index (χ0) is 12.4. The van der Waals surface area contributed by atoms with Crippen LogP contribution in [-0.4, -0.2) is 27.2 Å². The summed E-state index contributed by atoms with van der Waals surface area (Å²) < 4.78 is 0. The van der Waals surface area contributed by atoms with E-state index in [0.717, 1.165) is 5.01 Å². The summed E-state index contributed by atoms with van der Waals surface area (Å²) in [6.45, 7) is 1.78. The van der Waals surface area contributed by atoms with Gasteiger partial charge in [-0.05, 0) is 26.2 Å². The van der Waals surface area contributed by atoms with Crippen molar-refractivity contribution in [3.8, 4) is 0 Å². The van der Waals surface area contributed by atoms with Gasteiger partial charge in [0.25, 0.3) is 5.91 Å². The number of hydrogen-bond acceptors (Lipinski definition) is 5. The summed E-state index contributed by atoms with van der Waals surface area (Å²) in [5.74, 6) is -1.39. The molecule has 0 saturated carbocycles. The van der Waals surface area contributed by atoms with E-state index in [1.54, 1.807) is 6.92 Å². The molecule has 0 atom stereocenters. The molecule has 17 heavy (non-hydrogen) atoms. The number of carboxylic acid groups (broad SMARTS) is 1. The van der Waals surface area contributed by atoms with E-state index in [4.69, 9.17) is 5.11 Å². The molecule has 90 valence electrons. The third-order valence-corrected chi connectivity index (χ3v) is 3.25. The van der Waals surface area contributed by atoms with Crippen LogP contribution in [0.1, 0.15) is 24.3 Å². The maximum atomic E-state index is 11.8. The van der Waals surface area contributed by atoms with Crippen LogP contribution in [0.15, 0.2) is 11.1 Å². The number of aromatic nitrogens is 2. The lowest BCUT2D eigenvalue weighted by atomic mass is 10.1. The van der Waals surface area contributed by atoms with E-state index >= 15 is 0 Å². The zero-order valence-electron chi connectivity index (χ0n) is 9.19. The van der Waals surface area contributed by atoms with Crippen LogP contribution in [-0.2, 0) is 9.59 Å². The molecule has 1 heterocycles. The van der Waals surface area contributed by atoms with Crippen LogP contribution in [0.2, 0.25) is 0 Å². The highest BCUT2D eigenvalue weighted by Crippen LogP contribution is 2.27. The summed E-state index contributed by atoms with van der Waals surface area (Å²) in [4.78, 5) is 22.8. The van der Waals surface area contributed by atoms with Gasteiger partial charge in [0.1, 0.15) is 5.01 Å². The van der Waals surface area contributed by atoms with E-state index in [0.29, 0.717) is 30.0 Å². The number of nitrogens with zero attached hydrogens (tertiary/aromatic N) is 2. The van der Waals surface area contributed by atoms with Gasteiger partial charge in [-0.15, -0.1) is 10.2 Å². The Morgan fingerprint density at radius 3 is 2.59 bits per heavy atom. The number of carboxylic acids is 1. The maximum absolute atomic E-state index is 11.8. The second-order valence-corrected chi connectivity index (χ2v) is 4.88. The minimum Gasteiger partial charge on any atom is -0.478 e. The topological polar surface area (TPSA) is 92.2 Å². The fraction of sp³-hybridized carbons (Fsp3) is 0.400. The summed E-state index contributed by atoms with van der Waals surface area (Å²) in [5, 5.41) is 20.2. The van der Waals surface area contributed by atoms with Crippen molar-refractivity contribution in [2.75, 3.05) is 5.32 Å². The van der Waals surface area contributed by atoms with E-state index < -0.39 is 5.97 Å². The van der Waals surface area contributed by atoms with E-state index in [1.807, 2.05) is 0 Å². The molecule has 1 aromatic heterocycles. The summed E-state index contributed by atoms with van der Waals surface area (Å²) in [7, 11) is 0. The highest BCUT2D eigenvalue weighted by atomic mass is 32.1. The van der Waals surface area contributed by atoms with Gasteiger partial charge in [-0.1, -0.05) is 11.3 Å². The lowest BCUT2D eigenvalue weighted by Gasteiger charge is -2.03. The normalized spacial score (nSPS) is 15.1. The van der Waals surface area contributed by atoms with Crippen molar-refractivity contribution in [3.63, 3.8) is 0 Å². The largest absolute Gasteiger partial charge is 0.478 e. The van der Waals surface area contributed by atoms with Gasteiger partial charge in [-0.3, -0.25) is 10.1 Å². The van der Waals surface area contributed by atoms with Crippen molar-refractivity contribution in [2.45, 2.75) is 26.2 Å². The average molecular weight is 253 g/mol. The Balaban J connectivity index is 2.15. The highest BCUT2D eigenvalue weighted by molar-refractivity contribution is 7.15. The average Bonchev–Trinajstić information content (AvgIpc) is 2.86. The van der Waals surface area contributed by atoms with Gasteiger partial charge in [-0.25, -0.2) is 4.79 Å². The van der Waals surface area contributed by atoms with Crippen LogP contribution in [0, 0.1) is 6.92 Å². The molecule has 0 fully saturated rings. The van der Waals surface area contributed by atoms with Crippen LogP contribution in [0.3, 0.4) is 0 Å². The van der Waals surface area contributed by atoms with Gasteiger partial charge in [0.15, 0.2) is 0 Å². The SMILES string of the molecule is Cc1nnc(NC(=O)C2=C(C(=O)O)CCC2)s1. The molecule has 0 unspecified atom stereocenters. The first-order valence-electron chi connectivity index (χ1n) is 5.14. The Hall–Kier alpha value is -1.76. The second kappa shape index (κ2) is 4.62. The standard InChI is InChI=1S/C10H11N3O3S/c1-5-12-13-10(17-5)11-8(14)6-3-2-4-7(6)9(15)16/h2-4H2,1H3,(H,15,16)(H,11,13,14). The number of aryl methyl sites for hydroxylation is 1. The molecular formula is C10H11N3O3S. The predicted octanol–water partition coefficient (Wildman–Crippen LogP) is 1.35. The van der Waals surface area contributed by atoms with E-state index in [1.165, 1.54) is 11.3 Å². The van der Waals surface area contributed by atoms with E-state index in [-0.39, 0.29) is 11.5 Å². The Labute approximate surface area is 101 Å². The number of amides is 1. The monoisotopic (exact) mass is 253 g/mol. The molecule has 0 spiro atoms. The third-order valence-electron chi connectivity index (χ3n) is 2.50. The molecule has 0 aliphatic heterocycles. The number of carbonyl (C=O) groups is 2. The van der Waals surface area contributed by atoms with Gasteiger partial charge >= 0.3 is 5.97 Å². The lowest BCUT2D eigenvalue weighted by molar-refractivity contribution is -0.133. The van der Waals surface area contributed by atoms with Gasteiger partial charge < -0.3 is 5.11 Å². The second-order valence-electron chi connectivity index (χ2n) is 3.70. The van der Waals surface area contributed by atoms with Crippen molar-refractivity contribution in [1.29, 1.82) is 0 Å². The quantitative estimate of drug-likeness (QED) is 0.848. The predicted molar refractivity (Wildman–Crippen MR) is 61.8 cm³/mol. The Bertz CT molecular complexity index is 507. The molecule has 0 aromatic carbocycles. The van der Waals surface area contributed by atoms with Gasteiger partial charge in [0, 0.05) is 11.1 Å². The van der Waals surface area contributed by atoms with Crippen LogP contribution in [0.4, 0.5) is 5.13 Å². The van der Waals surface area contributed by atoms with Crippen LogP contribution in [0.25, 0.3) is 0 Å². The Morgan fingerprint density at radius 2 is 2.00 bits per heavy atom. The third kappa shape index (κ3) is 2.50. The number of nitrogens with one attached hydrogen (secondary N) is 1.